The number of hydrogen-bond donors (Lipinski definition) is 2. The van der Waals surface area contributed by atoms with Gasteiger partial charge in [0.1, 0.15) is 0 Å². The topological polar surface area (TPSA) is 33.3 Å². The van der Waals surface area contributed by atoms with E-state index in [1.54, 1.807) is 0 Å². The minimum Gasteiger partial charge on any atom is -0.376 e. The standard InChI is InChI=1S/C14H28N2OS/c1-13(2,3)10-14(4,5)16-12(18)15-9-11-7-6-8-17-11/h11H,6-10H2,1-5H3,(H2,15,16,18). The van der Waals surface area contributed by atoms with Crippen LogP contribution in [0.5, 0.6) is 0 Å². The van der Waals surface area contributed by atoms with Crippen molar-refractivity contribution in [1.82, 2.24) is 10.6 Å². The molecule has 3 nitrogen and oxygen atoms in total. The summed E-state index contributed by atoms with van der Waals surface area (Å²) in [6.07, 6.45) is 3.71. The van der Waals surface area contributed by atoms with Crippen LogP contribution in [0.1, 0.15) is 53.9 Å². The second kappa shape index (κ2) is 6.20. The first-order valence-electron chi connectivity index (χ1n) is 6.86. The van der Waals surface area contributed by atoms with E-state index in [2.05, 4.69) is 45.3 Å². The van der Waals surface area contributed by atoms with Crippen molar-refractivity contribution in [2.75, 3.05) is 13.2 Å². The number of hydrogen-bond acceptors (Lipinski definition) is 2. The number of nitrogens with one attached hydrogen (secondary N) is 2. The van der Waals surface area contributed by atoms with Gasteiger partial charge in [0.05, 0.1) is 6.10 Å². The molecular weight excluding hydrogens is 244 g/mol. The molecule has 1 rings (SSSR count). The average molecular weight is 272 g/mol. The first-order valence-corrected chi connectivity index (χ1v) is 7.26. The van der Waals surface area contributed by atoms with Crippen LogP contribution in [0, 0.1) is 5.41 Å². The zero-order valence-electron chi connectivity index (χ0n) is 12.4. The van der Waals surface area contributed by atoms with Crippen molar-refractivity contribution in [3.05, 3.63) is 0 Å². The molecule has 1 unspecified atom stereocenters. The van der Waals surface area contributed by atoms with E-state index in [1.807, 2.05) is 0 Å². The third-order valence-corrected chi connectivity index (χ3v) is 3.18. The molecule has 1 atom stereocenters. The number of thiocarbonyl (C=S) groups is 1. The summed E-state index contributed by atoms with van der Waals surface area (Å²) in [5.74, 6) is 0. The third kappa shape index (κ3) is 6.55. The molecule has 0 bridgehead atoms. The Morgan fingerprint density at radius 1 is 1.28 bits per heavy atom. The van der Waals surface area contributed by atoms with E-state index < -0.39 is 0 Å². The van der Waals surface area contributed by atoms with Crippen LogP contribution >= 0.6 is 12.2 Å². The number of ether oxygens (including phenoxy) is 1. The van der Waals surface area contributed by atoms with Crippen LogP contribution < -0.4 is 10.6 Å². The molecule has 0 saturated carbocycles. The monoisotopic (exact) mass is 272 g/mol. The maximum absolute atomic E-state index is 5.56. The molecule has 0 radical (unpaired) electrons. The fourth-order valence-corrected chi connectivity index (χ4v) is 3.09. The Balaban J connectivity index is 2.29. The molecule has 0 aromatic heterocycles. The zero-order valence-corrected chi connectivity index (χ0v) is 13.2. The molecule has 1 aliphatic heterocycles. The second-order valence-electron chi connectivity index (χ2n) is 7.09. The molecule has 0 aliphatic carbocycles. The van der Waals surface area contributed by atoms with Crippen LogP contribution in [0.4, 0.5) is 0 Å². The summed E-state index contributed by atoms with van der Waals surface area (Å²) in [4.78, 5) is 0. The zero-order chi connectivity index (χ0) is 13.8. The van der Waals surface area contributed by atoms with E-state index in [-0.39, 0.29) is 5.54 Å². The van der Waals surface area contributed by atoms with Gasteiger partial charge >= 0.3 is 0 Å². The van der Waals surface area contributed by atoms with E-state index in [1.165, 1.54) is 6.42 Å². The summed E-state index contributed by atoms with van der Waals surface area (Å²) in [5, 5.41) is 7.40. The van der Waals surface area contributed by atoms with Gasteiger partial charge in [-0.05, 0) is 50.7 Å². The highest BCUT2D eigenvalue weighted by atomic mass is 32.1. The van der Waals surface area contributed by atoms with E-state index in [9.17, 15) is 0 Å². The quantitative estimate of drug-likeness (QED) is 0.771. The summed E-state index contributed by atoms with van der Waals surface area (Å²) in [6, 6.07) is 0. The van der Waals surface area contributed by atoms with E-state index in [0.717, 1.165) is 31.1 Å². The van der Waals surface area contributed by atoms with E-state index in [4.69, 9.17) is 17.0 Å². The summed E-state index contributed by atoms with van der Waals surface area (Å²) in [7, 11) is 0. The lowest BCUT2D eigenvalue weighted by atomic mass is 9.82. The van der Waals surface area contributed by atoms with Crippen molar-refractivity contribution in [2.24, 2.45) is 5.41 Å². The molecular formula is C14H28N2OS. The average Bonchev–Trinajstić information content (AvgIpc) is 2.61. The number of rotatable bonds is 4. The van der Waals surface area contributed by atoms with Gasteiger partial charge in [-0.2, -0.15) is 0 Å². The van der Waals surface area contributed by atoms with Crippen LogP contribution in [-0.2, 0) is 4.74 Å². The predicted molar refractivity (Wildman–Crippen MR) is 80.9 cm³/mol. The van der Waals surface area contributed by atoms with Crippen LogP contribution in [0.2, 0.25) is 0 Å². The highest BCUT2D eigenvalue weighted by Crippen LogP contribution is 2.26. The lowest BCUT2D eigenvalue weighted by Gasteiger charge is -2.34. The van der Waals surface area contributed by atoms with E-state index in [0.29, 0.717) is 11.5 Å². The molecule has 106 valence electrons. The molecule has 1 saturated heterocycles. The van der Waals surface area contributed by atoms with Crippen molar-refractivity contribution in [1.29, 1.82) is 0 Å². The molecule has 0 amide bonds. The minimum absolute atomic E-state index is 0.0128. The second-order valence-corrected chi connectivity index (χ2v) is 7.50. The molecule has 1 aliphatic rings. The largest absolute Gasteiger partial charge is 0.376 e. The molecule has 2 N–H and O–H groups in total. The van der Waals surface area contributed by atoms with Crippen molar-refractivity contribution in [3.8, 4) is 0 Å². The Morgan fingerprint density at radius 3 is 2.44 bits per heavy atom. The Kier molecular flexibility index (Phi) is 5.41. The van der Waals surface area contributed by atoms with Crippen LogP contribution in [0.15, 0.2) is 0 Å². The third-order valence-electron chi connectivity index (χ3n) is 2.94. The molecule has 4 heteroatoms. The molecule has 0 spiro atoms. The van der Waals surface area contributed by atoms with Crippen LogP contribution in [-0.4, -0.2) is 29.9 Å². The van der Waals surface area contributed by atoms with Gasteiger partial charge in [0.25, 0.3) is 0 Å². The summed E-state index contributed by atoms with van der Waals surface area (Å²) in [5.41, 5.74) is 0.305. The van der Waals surface area contributed by atoms with Gasteiger partial charge in [0.2, 0.25) is 0 Å². The van der Waals surface area contributed by atoms with Gasteiger partial charge in [-0.1, -0.05) is 20.8 Å². The minimum atomic E-state index is 0.0128. The Morgan fingerprint density at radius 2 is 1.94 bits per heavy atom. The van der Waals surface area contributed by atoms with Gasteiger partial charge < -0.3 is 15.4 Å². The van der Waals surface area contributed by atoms with Gasteiger partial charge in [-0.25, -0.2) is 0 Å². The van der Waals surface area contributed by atoms with Gasteiger partial charge in [0.15, 0.2) is 5.11 Å². The Bertz CT molecular complexity index is 278. The highest BCUT2D eigenvalue weighted by Gasteiger charge is 2.26. The lowest BCUT2D eigenvalue weighted by molar-refractivity contribution is 0.113. The SMILES string of the molecule is CC(C)(C)CC(C)(C)NC(=S)NCC1CCCO1. The van der Waals surface area contributed by atoms with Crippen molar-refractivity contribution >= 4 is 17.3 Å². The summed E-state index contributed by atoms with van der Waals surface area (Å²) in [6.45, 7) is 12.8. The summed E-state index contributed by atoms with van der Waals surface area (Å²) < 4.78 is 5.56. The fraction of sp³-hybridized carbons (Fsp3) is 0.929. The molecule has 1 fully saturated rings. The Hall–Kier alpha value is -0.350. The smallest absolute Gasteiger partial charge is 0.166 e. The van der Waals surface area contributed by atoms with Crippen molar-refractivity contribution < 1.29 is 4.74 Å². The Labute approximate surface area is 117 Å². The molecule has 18 heavy (non-hydrogen) atoms. The maximum atomic E-state index is 5.56. The molecule has 0 aromatic rings. The van der Waals surface area contributed by atoms with Crippen LogP contribution in [0.25, 0.3) is 0 Å². The fourth-order valence-electron chi connectivity index (χ4n) is 2.73. The first kappa shape index (κ1) is 15.7. The normalized spacial score (nSPS) is 20.8. The van der Waals surface area contributed by atoms with Gasteiger partial charge in [-0.3, -0.25) is 0 Å². The molecule has 0 aromatic carbocycles. The predicted octanol–water partition coefficient (Wildman–Crippen LogP) is 2.84. The van der Waals surface area contributed by atoms with Crippen molar-refractivity contribution in [3.63, 3.8) is 0 Å². The van der Waals surface area contributed by atoms with Crippen LogP contribution in [0.3, 0.4) is 0 Å². The van der Waals surface area contributed by atoms with Crippen molar-refractivity contribution in [2.45, 2.75) is 65.5 Å². The lowest BCUT2D eigenvalue weighted by Crippen LogP contribution is -2.51. The van der Waals surface area contributed by atoms with Gasteiger partial charge in [-0.15, -0.1) is 0 Å². The summed E-state index contributed by atoms with van der Waals surface area (Å²) >= 11 is 5.35. The maximum Gasteiger partial charge on any atom is 0.166 e. The molecule has 1 heterocycles. The van der Waals surface area contributed by atoms with E-state index >= 15 is 0 Å². The highest BCUT2D eigenvalue weighted by molar-refractivity contribution is 7.80. The first-order chi connectivity index (χ1) is 8.18. The van der Waals surface area contributed by atoms with Gasteiger partial charge in [0, 0.05) is 18.7 Å².